The number of piperazine rings is 1. The van der Waals surface area contributed by atoms with Crippen molar-refractivity contribution in [3.63, 3.8) is 0 Å². The normalized spacial score (nSPS) is 16.3. The number of urea groups is 1. The number of carbonyl (C=O) groups excluding carboxylic acids is 1. The largest absolute Gasteiger partial charge is 0.334 e. The van der Waals surface area contributed by atoms with Crippen molar-refractivity contribution >= 4 is 18.4 Å². The summed E-state index contributed by atoms with van der Waals surface area (Å²) in [5.41, 5.74) is 2.27. The van der Waals surface area contributed by atoms with Crippen LogP contribution in [0.1, 0.15) is 30.4 Å². The average Bonchev–Trinajstić information content (AvgIpc) is 2.72. The fourth-order valence-electron chi connectivity index (χ4n) is 3.52. The first kappa shape index (κ1) is 22.2. The molecule has 1 heterocycles. The molecule has 1 aliphatic rings. The number of carbonyl (C=O) groups is 1. The van der Waals surface area contributed by atoms with Crippen LogP contribution in [0, 0.1) is 5.82 Å². The van der Waals surface area contributed by atoms with Gasteiger partial charge in [-0.3, -0.25) is 0 Å². The van der Waals surface area contributed by atoms with Crippen molar-refractivity contribution in [3.05, 3.63) is 71.5 Å². The molecule has 1 fully saturated rings. The second kappa shape index (κ2) is 11.7. The van der Waals surface area contributed by atoms with E-state index in [1.54, 1.807) is 0 Å². The van der Waals surface area contributed by atoms with Gasteiger partial charge in [-0.2, -0.15) is 0 Å². The van der Waals surface area contributed by atoms with Gasteiger partial charge in [-0.15, -0.1) is 12.4 Å². The minimum Gasteiger partial charge on any atom is -0.334 e. The fourth-order valence-corrected chi connectivity index (χ4v) is 3.52. The number of benzene rings is 2. The maximum atomic E-state index is 13.0. The van der Waals surface area contributed by atoms with Crippen LogP contribution in [0.5, 0.6) is 0 Å². The standard InChI is InChI=1S/C22H28FN3O.ClH/c23-20-12-10-18(11-13-20)6-4-5-9-21-17-24-14-15-26(21)22(27)25-16-19-7-2-1-3-8-19;/h1-3,7-8,10-13,21,24H,4-6,9,14-17H2,(H,25,27);1H. The molecule has 0 aliphatic carbocycles. The van der Waals surface area contributed by atoms with Gasteiger partial charge in [0.15, 0.2) is 0 Å². The third kappa shape index (κ3) is 6.80. The fraction of sp³-hybridized carbons (Fsp3) is 0.409. The number of nitrogens with one attached hydrogen (secondary N) is 2. The Morgan fingerprint density at radius 1 is 1.07 bits per heavy atom. The topological polar surface area (TPSA) is 44.4 Å². The highest BCUT2D eigenvalue weighted by Crippen LogP contribution is 2.14. The highest BCUT2D eigenvalue weighted by atomic mass is 35.5. The van der Waals surface area contributed by atoms with Crippen molar-refractivity contribution in [2.75, 3.05) is 19.6 Å². The Morgan fingerprint density at radius 3 is 2.57 bits per heavy atom. The number of halogens is 2. The molecule has 2 amide bonds. The molecule has 0 bridgehead atoms. The van der Waals surface area contributed by atoms with Crippen molar-refractivity contribution in [2.45, 2.75) is 38.3 Å². The summed E-state index contributed by atoms with van der Waals surface area (Å²) in [6, 6.07) is 16.9. The molecule has 0 radical (unpaired) electrons. The molecule has 152 valence electrons. The number of amides is 2. The van der Waals surface area contributed by atoms with E-state index in [1.165, 1.54) is 12.1 Å². The van der Waals surface area contributed by atoms with E-state index in [1.807, 2.05) is 47.4 Å². The maximum absolute atomic E-state index is 13.0. The first-order valence-corrected chi connectivity index (χ1v) is 9.76. The molecule has 1 unspecified atom stereocenters. The number of hydrogen-bond acceptors (Lipinski definition) is 2. The summed E-state index contributed by atoms with van der Waals surface area (Å²) in [5.74, 6) is -0.191. The van der Waals surface area contributed by atoms with Gasteiger partial charge in [-0.1, -0.05) is 48.9 Å². The zero-order chi connectivity index (χ0) is 18.9. The van der Waals surface area contributed by atoms with Crippen LogP contribution in [0.4, 0.5) is 9.18 Å². The summed E-state index contributed by atoms with van der Waals surface area (Å²) in [7, 11) is 0. The summed E-state index contributed by atoms with van der Waals surface area (Å²) in [6.07, 6.45) is 4.02. The van der Waals surface area contributed by atoms with Crippen LogP contribution in [0.2, 0.25) is 0 Å². The zero-order valence-corrected chi connectivity index (χ0v) is 16.9. The molecule has 0 spiro atoms. The second-order valence-corrected chi connectivity index (χ2v) is 7.07. The predicted molar refractivity (Wildman–Crippen MR) is 113 cm³/mol. The van der Waals surface area contributed by atoms with Gasteiger partial charge >= 0.3 is 6.03 Å². The average molecular weight is 406 g/mol. The van der Waals surface area contributed by atoms with Gasteiger partial charge < -0.3 is 15.5 Å². The Labute approximate surface area is 172 Å². The lowest BCUT2D eigenvalue weighted by Crippen LogP contribution is -2.56. The Balaban J connectivity index is 0.00000280. The summed E-state index contributed by atoms with van der Waals surface area (Å²) in [5, 5.41) is 6.44. The molecule has 1 aliphatic heterocycles. The minimum absolute atomic E-state index is 0. The van der Waals surface area contributed by atoms with Crippen LogP contribution < -0.4 is 10.6 Å². The molecular weight excluding hydrogens is 377 g/mol. The Kier molecular flexibility index (Phi) is 9.24. The van der Waals surface area contributed by atoms with Crippen molar-refractivity contribution in [1.29, 1.82) is 0 Å². The van der Waals surface area contributed by atoms with Crippen molar-refractivity contribution in [3.8, 4) is 0 Å². The van der Waals surface area contributed by atoms with E-state index < -0.39 is 0 Å². The van der Waals surface area contributed by atoms with Gasteiger partial charge in [0.05, 0.1) is 0 Å². The zero-order valence-electron chi connectivity index (χ0n) is 16.1. The molecular formula is C22H29ClFN3O. The molecule has 1 saturated heterocycles. The van der Waals surface area contributed by atoms with Crippen LogP contribution in [0.15, 0.2) is 54.6 Å². The van der Waals surface area contributed by atoms with Crippen molar-refractivity contribution in [1.82, 2.24) is 15.5 Å². The Bertz CT molecular complexity index is 711. The van der Waals surface area contributed by atoms with E-state index in [0.717, 1.165) is 56.4 Å². The van der Waals surface area contributed by atoms with Crippen LogP contribution in [0.25, 0.3) is 0 Å². The molecule has 28 heavy (non-hydrogen) atoms. The highest BCUT2D eigenvalue weighted by Gasteiger charge is 2.25. The third-order valence-electron chi connectivity index (χ3n) is 5.06. The van der Waals surface area contributed by atoms with Crippen LogP contribution in [-0.4, -0.2) is 36.6 Å². The Morgan fingerprint density at radius 2 is 1.82 bits per heavy atom. The lowest BCUT2D eigenvalue weighted by Gasteiger charge is -2.36. The SMILES string of the molecule is Cl.O=C(NCc1ccccc1)N1CCNCC1CCCCc1ccc(F)cc1. The predicted octanol–water partition coefficient (Wildman–Crippen LogP) is 4.14. The quantitative estimate of drug-likeness (QED) is 0.680. The third-order valence-corrected chi connectivity index (χ3v) is 5.06. The Hall–Kier alpha value is -2.11. The van der Waals surface area contributed by atoms with E-state index in [4.69, 9.17) is 0 Å². The van der Waals surface area contributed by atoms with E-state index >= 15 is 0 Å². The molecule has 2 aromatic carbocycles. The van der Waals surface area contributed by atoms with Gasteiger partial charge in [0.1, 0.15) is 5.82 Å². The van der Waals surface area contributed by atoms with E-state index in [-0.39, 0.29) is 30.3 Å². The molecule has 0 saturated carbocycles. The number of rotatable bonds is 7. The lowest BCUT2D eigenvalue weighted by atomic mass is 10.0. The van der Waals surface area contributed by atoms with Crippen molar-refractivity contribution < 1.29 is 9.18 Å². The molecule has 3 rings (SSSR count). The first-order chi connectivity index (χ1) is 13.2. The summed E-state index contributed by atoms with van der Waals surface area (Å²) in [6.45, 7) is 2.98. The van der Waals surface area contributed by atoms with Crippen LogP contribution in [0.3, 0.4) is 0 Å². The molecule has 6 heteroatoms. The van der Waals surface area contributed by atoms with E-state index in [2.05, 4.69) is 10.6 Å². The minimum atomic E-state index is -0.191. The van der Waals surface area contributed by atoms with E-state index in [0.29, 0.717) is 6.54 Å². The van der Waals surface area contributed by atoms with Crippen LogP contribution in [-0.2, 0) is 13.0 Å². The monoisotopic (exact) mass is 405 g/mol. The van der Waals surface area contributed by atoms with Gasteiger partial charge in [0, 0.05) is 32.2 Å². The van der Waals surface area contributed by atoms with Crippen LogP contribution >= 0.6 is 12.4 Å². The second-order valence-electron chi connectivity index (χ2n) is 7.07. The molecule has 2 aromatic rings. The molecule has 1 atom stereocenters. The summed E-state index contributed by atoms with van der Waals surface area (Å²) >= 11 is 0. The van der Waals surface area contributed by atoms with Gasteiger partial charge in [-0.05, 0) is 42.5 Å². The van der Waals surface area contributed by atoms with Crippen molar-refractivity contribution in [2.24, 2.45) is 0 Å². The summed E-state index contributed by atoms with van der Waals surface area (Å²) < 4.78 is 13.0. The lowest BCUT2D eigenvalue weighted by molar-refractivity contribution is 0.152. The molecule has 0 aromatic heterocycles. The maximum Gasteiger partial charge on any atom is 0.318 e. The molecule has 4 nitrogen and oxygen atoms in total. The number of nitrogens with zero attached hydrogens (tertiary/aromatic N) is 1. The summed E-state index contributed by atoms with van der Waals surface area (Å²) in [4.78, 5) is 14.6. The van der Waals surface area contributed by atoms with Gasteiger partial charge in [0.25, 0.3) is 0 Å². The van der Waals surface area contributed by atoms with Gasteiger partial charge in [-0.25, -0.2) is 9.18 Å². The van der Waals surface area contributed by atoms with E-state index in [9.17, 15) is 9.18 Å². The van der Waals surface area contributed by atoms with Gasteiger partial charge in [0.2, 0.25) is 0 Å². The smallest absolute Gasteiger partial charge is 0.318 e. The number of unbranched alkanes of at least 4 members (excludes halogenated alkanes) is 1. The first-order valence-electron chi connectivity index (χ1n) is 9.76. The number of hydrogen-bond donors (Lipinski definition) is 2. The highest BCUT2D eigenvalue weighted by molar-refractivity contribution is 5.85. The number of aryl methyl sites for hydroxylation is 1. The molecule has 2 N–H and O–H groups in total.